The Labute approximate surface area is 168 Å². The van der Waals surface area contributed by atoms with Gasteiger partial charge in [-0.2, -0.15) is 0 Å². The van der Waals surface area contributed by atoms with Gasteiger partial charge < -0.3 is 14.6 Å². The van der Waals surface area contributed by atoms with Crippen molar-refractivity contribution in [1.29, 1.82) is 0 Å². The van der Waals surface area contributed by atoms with Crippen LogP contribution < -0.4 is 5.32 Å². The lowest BCUT2D eigenvalue weighted by atomic mass is 10.2. The van der Waals surface area contributed by atoms with E-state index in [0.29, 0.717) is 19.7 Å². The summed E-state index contributed by atoms with van der Waals surface area (Å²) >= 11 is 7.52. The molecule has 0 saturated carbocycles. The third-order valence-electron chi connectivity index (χ3n) is 4.51. The van der Waals surface area contributed by atoms with Crippen LogP contribution in [0.1, 0.15) is 12.0 Å². The van der Waals surface area contributed by atoms with E-state index in [1.165, 1.54) is 11.3 Å². The molecule has 0 atom stereocenters. The van der Waals surface area contributed by atoms with Crippen LogP contribution in [-0.2, 0) is 16.1 Å². The van der Waals surface area contributed by atoms with Crippen LogP contribution in [0, 0.1) is 0 Å². The van der Waals surface area contributed by atoms with Gasteiger partial charge in [-0.05, 0) is 18.6 Å². The van der Waals surface area contributed by atoms with Crippen molar-refractivity contribution in [3.8, 4) is 10.6 Å². The zero-order valence-electron chi connectivity index (χ0n) is 15.4. The minimum Gasteiger partial charge on any atom is -0.385 e. The van der Waals surface area contributed by atoms with Crippen molar-refractivity contribution in [3.63, 3.8) is 0 Å². The Bertz CT molecular complexity index is 728. The van der Waals surface area contributed by atoms with Crippen LogP contribution in [0.25, 0.3) is 10.6 Å². The maximum atomic E-state index is 12.0. The van der Waals surface area contributed by atoms with Crippen LogP contribution in [-0.4, -0.2) is 73.8 Å². The molecular weight excluding hydrogens is 388 g/mol. The van der Waals surface area contributed by atoms with Crippen molar-refractivity contribution in [1.82, 2.24) is 20.3 Å². The molecule has 0 aromatic carbocycles. The van der Waals surface area contributed by atoms with Crippen LogP contribution >= 0.6 is 22.9 Å². The highest BCUT2D eigenvalue weighted by atomic mass is 35.5. The predicted molar refractivity (Wildman–Crippen MR) is 106 cm³/mol. The summed E-state index contributed by atoms with van der Waals surface area (Å²) in [7, 11) is 1.67. The normalized spacial score (nSPS) is 15.9. The summed E-state index contributed by atoms with van der Waals surface area (Å²) in [6.07, 6.45) is 2.62. The summed E-state index contributed by atoms with van der Waals surface area (Å²) in [6.45, 7) is 6.13. The highest BCUT2D eigenvalue weighted by molar-refractivity contribution is 7.19. The van der Waals surface area contributed by atoms with Crippen LogP contribution in [0.4, 0.5) is 0 Å². The zero-order valence-corrected chi connectivity index (χ0v) is 17.0. The monoisotopic (exact) mass is 412 g/mol. The molecule has 1 amide bonds. The van der Waals surface area contributed by atoms with Crippen molar-refractivity contribution < 1.29 is 14.1 Å². The molecule has 3 heterocycles. The minimum atomic E-state index is 0.0791. The van der Waals surface area contributed by atoms with Crippen molar-refractivity contribution in [3.05, 3.63) is 28.2 Å². The number of nitrogens with one attached hydrogen (secondary N) is 1. The molecule has 148 valence electrons. The van der Waals surface area contributed by atoms with E-state index in [2.05, 4.69) is 20.3 Å². The first-order chi connectivity index (χ1) is 13.2. The van der Waals surface area contributed by atoms with Crippen LogP contribution in [0.15, 0.2) is 22.9 Å². The number of ether oxygens (including phenoxy) is 1. The van der Waals surface area contributed by atoms with E-state index >= 15 is 0 Å². The van der Waals surface area contributed by atoms with E-state index in [1.807, 2.05) is 12.1 Å². The van der Waals surface area contributed by atoms with Crippen molar-refractivity contribution in [2.45, 2.75) is 13.0 Å². The molecule has 0 spiro atoms. The van der Waals surface area contributed by atoms with Gasteiger partial charge in [0.1, 0.15) is 0 Å². The van der Waals surface area contributed by atoms with Gasteiger partial charge in [0.05, 0.1) is 22.0 Å². The van der Waals surface area contributed by atoms with Gasteiger partial charge >= 0.3 is 0 Å². The molecule has 0 bridgehead atoms. The van der Waals surface area contributed by atoms with Crippen molar-refractivity contribution in [2.24, 2.45) is 0 Å². The molecule has 1 fully saturated rings. The lowest BCUT2D eigenvalue weighted by Gasteiger charge is -2.34. The minimum absolute atomic E-state index is 0.0791. The van der Waals surface area contributed by atoms with E-state index in [0.717, 1.165) is 59.7 Å². The third kappa shape index (κ3) is 6.02. The highest BCUT2D eigenvalue weighted by Gasteiger charge is 2.21. The standard InChI is InChI=1S/C18H25ClN4O3S/c1-25-10-2-5-20-17(24)13-23-8-6-22(7-9-23)12-14-11-21-26-18(14)15-3-4-16(19)27-15/h3-4,11H,2,5-10,12-13H2,1H3,(H,20,24). The molecule has 27 heavy (non-hydrogen) atoms. The van der Waals surface area contributed by atoms with E-state index in [9.17, 15) is 4.79 Å². The number of methoxy groups -OCH3 is 1. The predicted octanol–water partition coefficient (Wildman–Crippen LogP) is 2.33. The number of carbonyl (C=O) groups excluding carboxylic acids is 1. The van der Waals surface area contributed by atoms with Crippen molar-refractivity contribution >= 4 is 28.8 Å². The number of amides is 1. The fourth-order valence-electron chi connectivity index (χ4n) is 3.06. The fourth-order valence-corrected chi connectivity index (χ4v) is 4.12. The molecule has 0 aliphatic carbocycles. The molecule has 7 nitrogen and oxygen atoms in total. The lowest BCUT2D eigenvalue weighted by molar-refractivity contribution is -0.122. The number of carbonyl (C=O) groups is 1. The van der Waals surface area contributed by atoms with Gasteiger partial charge in [0.15, 0.2) is 5.76 Å². The molecule has 1 aliphatic heterocycles. The van der Waals surface area contributed by atoms with Gasteiger partial charge in [-0.25, -0.2) is 0 Å². The summed E-state index contributed by atoms with van der Waals surface area (Å²) in [5, 5.41) is 6.89. The van der Waals surface area contributed by atoms with Gasteiger partial charge in [0.25, 0.3) is 0 Å². The number of aromatic nitrogens is 1. The summed E-state index contributed by atoms with van der Waals surface area (Å²) < 4.78 is 11.2. The second-order valence-corrected chi connectivity index (χ2v) is 8.25. The second-order valence-electron chi connectivity index (χ2n) is 6.53. The Hall–Kier alpha value is -1.45. The van der Waals surface area contributed by atoms with E-state index in [4.69, 9.17) is 20.9 Å². The molecule has 3 rings (SSSR count). The van der Waals surface area contributed by atoms with Gasteiger partial charge in [0.2, 0.25) is 5.91 Å². The molecule has 2 aromatic heterocycles. The van der Waals surface area contributed by atoms with Crippen molar-refractivity contribution in [2.75, 3.05) is 53.0 Å². The number of rotatable bonds is 9. The van der Waals surface area contributed by atoms with Crippen LogP contribution in [0.3, 0.4) is 0 Å². The quantitative estimate of drug-likeness (QED) is 0.637. The Morgan fingerprint density at radius 3 is 2.81 bits per heavy atom. The first-order valence-electron chi connectivity index (χ1n) is 9.05. The number of nitrogens with zero attached hydrogens (tertiary/aromatic N) is 3. The Morgan fingerprint density at radius 1 is 1.33 bits per heavy atom. The summed E-state index contributed by atoms with van der Waals surface area (Å²) in [5.74, 6) is 0.875. The highest BCUT2D eigenvalue weighted by Crippen LogP contribution is 2.33. The fraction of sp³-hybridized carbons (Fsp3) is 0.556. The summed E-state index contributed by atoms with van der Waals surface area (Å²) in [5.41, 5.74) is 1.07. The van der Waals surface area contributed by atoms with Gasteiger partial charge in [0, 0.05) is 58.5 Å². The third-order valence-corrected chi connectivity index (χ3v) is 5.74. The Kier molecular flexibility index (Phi) is 7.66. The number of hydrogen-bond donors (Lipinski definition) is 1. The number of hydrogen-bond acceptors (Lipinski definition) is 7. The Morgan fingerprint density at radius 2 is 2.11 bits per heavy atom. The average Bonchev–Trinajstić information content (AvgIpc) is 3.29. The SMILES string of the molecule is COCCCNC(=O)CN1CCN(Cc2cnoc2-c2ccc(Cl)s2)CC1. The van der Waals surface area contributed by atoms with E-state index in [-0.39, 0.29) is 5.91 Å². The van der Waals surface area contributed by atoms with Gasteiger partial charge in [-0.15, -0.1) is 11.3 Å². The molecule has 0 radical (unpaired) electrons. The maximum Gasteiger partial charge on any atom is 0.234 e. The maximum absolute atomic E-state index is 12.0. The topological polar surface area (TPSA) is 70.8 Å². The zero-order chi connectivity index (χ0) is 19.1. The molecular formula is C18H25ClN4O3S. The second kappa shape index (κ2) is 10.2. The molecule has 0 unspecified atom stereocenters. The van der Waals surface area contributed by atoms with Gasteiger partial charge in [-0.1, -0.05) is 16.8 Å². The molecule has 2 aromatic rings. The first kappa shape index (κ1) is 20.3. The van der Waals surface area contributed by atoms with Crippen LogP contribution in [0.5, 0.6) is 0 Å². The smallest absolute Gasteiger partial charge is 0.234 e. The summed E-state index contributed by atoms with van der Waals surface area (Å²) in [4.78, 5) is 17.5. The number of halogens is 1. The Balaban J connectivity index is 1.43. The van der Waals surface area contributed by atoms with Crippen LogP contribution in [0.2, 0.25) is 4.34 Å². The molecule has 1 aliphatic rings. The van der Waals surface area contributed by atoms with Gasteiger partial charge in [-0.3, -0.25) is 14.6 Å². The molecule has 1 N–H and O–H groups in total. The molecule has 1 saturated heterocycles. The molecule has 9 heteroatoms. The number of thiophene rings is 1. The first-order valence-corrected chi connectivity index (χ1v) is 10.2. The largest absolute Gasteiger partial charge is 0.385 e. The number of piperazine rings is 1. The average molecular weight is 413 g/mol. The van der Waals surface area contributed by atoms with E-state index in [1.54, 1.807) is 13.3 Å². The lowest BCUT2D eigenvalue weighted by Crippen LogP contribution is -2.49. The summed E-state index contributed by atoms with van der Waals surface area (Å²) in [6, 6.07) is 3.83. The van der Waals surface area contributed by atoms with E-state index < -0.39 is 0 Å².